The lowest BCUT2D eigenvalue weighted by molar-refractivity contribution is -0.0645. The summed E-state index contributed by atoms with van der Waals surface area (Å²) >= 11 is 0. The molecule has 1 atom stereocenters. The van der Waals surface area contributed by atoms with E-state index in [2.05, 4.69) is 0 Å². The van der Waals surface area contributed by atoms with Gasteiger partial charge in [0.1, 0.15) is 6.29 Å². The molecule has 92 valence electrons. The number of hydrogen-bond acceptors (Lipinski definition) is 5. The normalized spacial score (nSPS) is 14.2. The highest BCUT2D eigenvalue weighted by Crippen LogP contribution is 2.19. The second kappa shape index (κ2) is 8.20. The zero-order chi connectivity index (χ0) is 11.7. The predicted molar refractivity (Wildman–Crippen MR) is 60.3 cm³/mol. The van der Waals surface area contributed by atoms with E-state index in [1.165, 1.54) is 0 Å². The van der Waals surface area contributed by atoms with Crippen LogP contribution >= 0.6 is 0 Å². The Morgan fingerprint density at radius 3 is 2.13 bits per heavy atom. The number of rotatable bonds is 9. The molecule has 6 heteroatoms. The predicted octanol–water partition coefficient (Wildman–Crippen LogP) is 0.702. The zero-order valence-corrected chi connectivity index (χ0v) is 10.9. The van der Waals surface area contributed by atoms with E-state index in [4.69, 9.17) is 19.0 Å². The van der Waals surface area contributed by atoms with Crippen LogP contribution in [0.2, 0.25) is 6.04 Å². The van der Waals surface area contributed by atoms with E-state index in [-0.39, 0.29) is 0 Å². The van der Waals surface area contributed by atoms with Gasteiger partial charge in [-0.2, -0.15) is 0 Å². The fraction of sp³-hybridized carbons (Fsp3) is 1.00. The molecule has 0 aliphatic carbocycles. The van der Waals surface area contributed by atoms with E-state index in [1.54, 1.807) is 6.92 Å². The van der Waals surface area contributed by atoms with Crippen LogP contribution in [-0.2, 0) is 13.3 Å². The lowest BCUT2D eigenvalue weighted by atomic mass is 10.5. The Bertz CT molecular complexity index is 151. The molecular weight excluding hydrogens is 214 g/mol. The van der Waals surface area contributed by atoms with E-state index in [9.17, 15) is 5.11 Å². The van der Waals surface area contributed by atoms with Gasteiger partial charge >= 0.3 is 8.80 Å². The third-order valence-corrected chi connectivity index (χ3v) is 4.89. The average Bonchev–Trinajstić information content (AvgIpc) is 2.14. The van der Waals surface area contributed by atoms with Gasteiger partial charge in [0.05, 0.1) is 0 Å². The van der Waals surface area contributed by atoms with Crippen LogP contribution in [0, 0.1) is 0 Å². The summed E-state index contributed by atoms with van der Waals surface area (Å²) in [6.45, 7) is 6.93. The van der Waals surface area contributed by atoms with Crippen molar-refractivity contribution in [2.24, 2.45) is 5.73 Å². The van der Waals surface area contributed by atoms with Crippen LogP contribution in [0.3, 0.4) is 0 Å². The van der Waals surface area contributed by atoms with E-state index in [1.807, 2.05) is 13.8 Å². The molecule has 0 aliphatic rings. The standard InChI is InChI=1S/C9H23NO4Si/c1-4-12-15(13-5-2,8-6-7-10)14-9(3)11/h9,11H,4-8,10H2,1-3H3. The Balaban J connectivity index is 4.40. The van der Waals surface area contributed by atoms with Crippen LogP contribution in [0.25, 0.3) is 0 Å². The SMILES string of the molecule is CCO[Si](CCCN)(OCC)OC(C)O. The minimum Gasteiger partial charge on any atom is -0.374 e. The molecule has 0 radical (unpaired) electrons. The van der Waals surface area contributed by atoms with Crippen LogP contribution in [-0.4, -0.2) is 40.0 Å². The Morgan fingerprint density at radius 1 is 1.27 bits per heavy atom. The van der Waals surface area contributed by atoms with Gasteiger partial charge in [0.25, 0.3) is 0 Å². The lowest BCUT2D eigenvalue weighted by Crippen LogP contribution is -2.48. The molecule has 0 spiro atoms. The minimum atomic E-state index is -2.71. The fourth-order valence-electron chi connectivity index (χ4n) is 1.33. The summed E-state index contributed by atoms with van der Waals surface area (Å²) in [6, 6.07) is 0.649. The number of aliphatic hydroxyl groups excluding tert-OH is 1. The van der Waals surface area contributed by atoms with E-state index in [0.717, 1.165) is 6.42 Å². The van der Waals surface area contributed by atoms with E-state index in [0.29, 0.717) is 25.8 Å². The van der Waals surface area contributed by atoms with Crippen molar-refractivity contribution in [3.05, 3.63) is 0 Å². The van der Waals surface area contributed by atoms with Gasteiger partial charge in [0.15, 0.2) is 0 Å². The van der Waals surface area contributed by atoms with Crippen molar-refractivity contribution in [2.75, 3.05) is 19.8 Å². The van der Waals surface area contributed by atoms with Crippen LogP contribution < -0.4 is 5.73 Å². The van der Waals surface area contributed by atoms with Crippen molar-refractivity contribution >= 4 is 8.80 Å². The van der Waals surface area contributed by atoms with Gasteiger partial charge in [-0.25, -0.2) is 0 Å². The Hall–Kier alpha value is 0.0169. The van der Waals surface area contributed by atoms with Gasteiger partial charge < -0.3 is 24.1 Å². The Labute approximate surface area is 92.9 Å². The molecule has 0 bridgehead atoms. The van der Waals surface area contributed by atoms with Gasteiger partial charge in [0.2, 0.25) is 0 Å². The molecule has 0 rings (SSSR count). The zero-order valence-electron chi connectivity index (χ0n) is 9.86. The summed E-state index contributed by atoms with van der Waals surface area (Å²) in [5, 5.41) is 9.26. The third-order valence-electron chi connectivity index (χ3n) is 1.77. The third kappa shape index (κ3) is 6.24. The monoisotopic (exact) mass is 237 g/mol. The highest BCUT2D eigenvalue weighted by molar-refractivity contribution is 6.60. The molecule has 1 unspecified atom stereocenters. The number of nitrogens with two attached hydrogens (primary N) is 1. The maximum atomic E-state index is 9.26. The molecule has 15 heavy (non-hydrogen) atoms. The van der Waals surface area contributed by atoms with Gasteiger partial charge in [-0.15, -0.1) is 0 Å². The summed E-state index contributed by atoms with van der Waals surface area (Å²) < 4.78 is 16.5. The molecule has 0 aromatic heterocycles. The van der Waals surface area contributed by atoms with Crippen molar-refractivity contribution in [1.82, 2.24) is 0 Å². The van der Waals surface area contributed by atoms with Crippen molar-refractivity contribution in [2.45, 2.75) is 39.5 Å². The van der Waals surface area contributed by atoms with Crippen molar-refractivity contribution < 1.29 is 18.4 Å². The van der Waals surface area contributed by atoms with E-state index < -0.39 is 15.1 Å². The quantitative estimate of drug-likeness (QED) is 0.456. The number of hydrogen-bond donors (Lipinski definition) is 2. The largest absolute Gasteiger partial charge is 0.502 e. The van der Waals surface area contributed by atoms with Gasteiger partial charge in [-0.1, -0.05) is 0 Å². The smallest absolute Gasteiger partial charge is 0.374 e. The lowest BCUT2D eigenvalue weighted by Gasteiger charge is -2.29. The Morgan fingerprint density at radius 2 is 1.80 bits per heavy atom. The molecule has 0 heterocycles. The van der Waals surface area contributed by atoms with Crippen molar-refractivity contribution in [3.63, 3.8) is 0 Å². The van der Waals surface area contributed by atoms with Crippen molar-refractivity contribution in [3.8, 4) is 0 Å². The topological polar surface area (TPSA) is 73.9 Å². The van der Waals surface area contributed by atoms with Crippen LogP contribution in [0.4, 0.5) is 0 Å². The summed E-state index contributed by atoms with van der Waals surface area (Å²) in [4.78, 5) is 0. The van der Waals surface area contributed by atoms with Crippen molar-refractivity contribution in [1.29, 1.82) is 0 Å². The number of aliphatic hydroxyl groups is 1. The molecule has 0 saturated heterocycles. The van der Waals surface area contributed by atoms with Gasteiger partial charge in [0, 0.05) is 19.3 Å². The first kappa shape index (κ1) is 15.0. The molecule has 0 saturated carbocycles. The molecular formula is C9H23NO4Si. The van der Waals surface area contributed by atoms with E-state index >= 15 is 0 Å². The maximum absolute atomic E-state index is 9.26. The van der Waals surface area contributed by atoms with Crippen LogP contribution in [0.5, 0.6) is 0 Å². The first-order valence-corrected chi connectivity index (χ1v) is 7.37. The fourth-order valence-corrected chi connectivity index (χ4v) is 3.99. The van der Waals surface area contributed by atoms with Crippen LogP contribution in [0.1, 0.15) is 27.2 Å². The highest BCUT2D eigenvalue weighted by atomic mass is 28.4. The second-order valence-corrected chi connectivity index (χ2v) is 5.84. The Kier molecular flexibility index (Phi) is 8.21. The summed E-state index contributed by atoms with van der Waals surface area (Å²) in [5.41, 5.74) is 5.45. The summed E-state index contributed by atoms with van der Waals surface area (Å²) in [5.74, 6) is 0. The molecule has 0 amide bonds. The molecule has 0 aliphatic heterocycles. The molecule has 0 fully saturated rings. The average molecular weight is 237 g/mol. The van der Waals surface area contributed by atoms with Gasteiger partial charge in [-0.3, -0.25) is 0 Å². The first-order chi connectivity index (χ1) is 7.10. The first-order valence-electron chi connectivity index (χ1n) is 5.44. The maximum Gasteiger partial charge on any atom is 0.502 e. The van der Waals surface area contributed by atoms with Crippen LogP contribution in [0.15, 0.2) is 0 Å². The molecule has 5 nitrogen and oxygen atoms in total. The molecule has 0 aromatic carbocycles. The van der Waals surface area contributed by atoms with Gasteiger partial charge in [-0.05, 0) is 33.7 Å². The summed E-state index contributed by atoms with van der Waals surface area (Å²) in [7, 11) is -2.71. The minimum absolute atomic E-state index is 0.517. The molecule has 0 aromatic rings. The molecule has 3 N–H and O–H groups in total. The highest BCUT2D eigenvalue weighted by Gasteiger charge is 2.41. The second-order valence-electron chi connectivity index (χ2n) is 3.16. The summed E-state index contributed by atoms with van der Waals surface area (Å²) in [6.07, 6.45) is -0.0913.